The maximum absolute atomic E-state index is 14.1. The average molecular weight is 456 g/mol. The summed E-state index contributed by atoms with van der Waals surface area (Å²) >= 11 is 3.35. The van der Waals surface area contributed by atoms with Gasteiger partial charge in [0.2, 0.25) is 5.95 Å². The third-order valence-electron chi connectivity index (χ3n) is 5.09. The van der Waals surface area contributed by atoms with Crippen LogP contribution in [0.15, 0.2) is 47.5 Å². The lowest BCUT2D eigenvalue weighted by molar-refractivity contribution is 0.0632. The Hall–Kier alpha value is -3.14. The van der Waals surface area contributed by atoms with Gasteiger partial charge in [0.15, 0.2) is 11.3 Å². The Labute approximate surface area is 173 Å². The molecule has 0 saturated heterocycles. The van der Waals surface area contributed by atoms with Gasteiger partial charge in [0.25, 0.3) is 5.91 Å². The van der Waals surface area contributed by atoms with E-state index in [1.54, 1.807) is 46.2 Å². The highest BCUT2D eigenvalue weighted by Gasteiger charge is 2.32. The van der Waals surface area contributed by atoms with Crippen molar-refractivity contribution < 1.29 is 9.18 Å². The number of hydrogen-bond acceptors (Lipinski definition) is 5. The molecule has 0 N–H and O–H groups in total. The van der Waals surface area contributed by atoms with Crippen LogP contribution in [0.4, 0.5) is 4.39 Å². The van der Waals surface area contributed by atoms with Gasteiger partial charge in [-0.25, -0.2) is 19.5 Å². The van der Waals surface area contributed by atoms with E-state index in [0.29, 0.717) is 41.5 Å². The SMILES string of the molecule is CC1c2ncc(-c3cccnc3F)n2CCN1C(=O)c1cc2ncc(Br)cn2n1. The van der Waals surface area contributed by atoms with E-state index in [0.717, 1.165) is 4.47 Å². The predicted molar refractivity (Wildman–Crippen MR) is 106 cm³/mol. The second-order valence-electron chi connectivity index (χ2n) is 6.77. The Morgan fingerprint density at radius 1 is 1.24 bits per heavy atom. The number of amides is 1. The highest BCUT2D eigenvalue weighted by molar-refractivity contribution is 9.10. The van der Waals surface area contributed by atoms with E-state index in [1.807, 2.05) is 11.5 Å². The largest absolute Gasteiger partial charge is 0.326 e. The van der Waals surface area contributed by atoms with E-state index < -0.39 is 5.95 Å². The lowest BCUT2D eigenvalue weighted by Crippen LogP contribution is -2.41. The van der Waals surface area contributed by atoms with E-state index in [-0.39, 0.29) is 11.9 Å². The van der Waals surface area contributed by atoms with Gasteiger partial charge in [0.05, 0.1) is 28.0 Å². The first-order valence-electron chi connectivity index (χ1n) is 9.01. The van der Waals surface area contributed by atoms with Crippen LogP contribution < -0.4 is 0 Å². The fourth-order valence-corrected chi connectivity index (χ4v) is 3.97. The molecular formula is C19H15BrFN7O. The molecule has 5 heterocycles. The highest BCUT2D eigenvalue weighted by Crippen LogP contribution is 2.31. The standard InChI is InChI=1S/C19H15BrFN7O/c1-11-18-24-9-15(13-3-2-4-22-17(13)21)27(18)6-5-26(11)19(29)14-7-16-23-8-12(20)10-28(16)25-14/h2-4,7-11H,5-6H2,1H3. The summed E-state index contributed by atoms with van der Waals surface area (Å²) in [5.74, 6) is -0.0281. The van der Waals surface area contributed by atoms with Gasteiger partial charge in [-0.2, -0.15) is 9.49 Å². The van der Waals surface area contributed by atoms with Crippen molar-refractivity contribution in [3.8, 4) is 11.3 Å². The van der Waals surface area contributed by atoms with Crippen LogP contribution in [0.25, 0.3) is 16.9 Å². The Balaban J connectivity index is 1.47. The minimum absolute atomic E-state index is 0.192. The molecule has 1 unspecified atom stereocenters. The number of hydrogen-bond donors (Lipinski definition) is 0. The van der Waals surface area contributed by atoms with Crippen molar-refractivity contribution in [1.29, 1.82) is 0 Å². The van der Waals surface area contributed by atoms with E-state index in [2.05, 4.69) is 36.0 Å². The summed E-state index contributed by atoms with van der Waals surface area (Å²) in [5.41, 5.74) is 1.97. The van der Waals surface area contributed by atoms with Crippen LogP contribution >= 0.6 is 15.9 Å². The Morgan fingerprint density at radius 3 is 2.93 bits per heavy atom. The molecule has 1 amide bonds. The van der Waals surface area contributed by atoms with Gasteiger partial charge >= 0.3 is 0 Å². The summed E-state index contributed by atoms with van der Waals surface area (Å²) in [6, 6.07) is 4.75. The number of nitrogens with zero attached hydrogens (tertiary/aromatic N) is 7. The summed E-state index contributed by atoms with van der Waals surface area (Å²) < 4.78 is 18.4. The molecule has 5 rings (SSSR count). The summed E-state index contributed by atoms with van der Waals surface area (Å²) in [4.78, 5) is 27.3. The van der Waals surface area contributed by atoms with E-state index in [1.165, 1.54) is 6.20 Å². The number of carbonyl (C=O) groups is 1. The van der Waals surface area contributed by atoms with Crippen molar-refractivity contribution in [3.63, 3.8) is 0 Å². The molecule has 0 aromatic carbocycles. The molecule has 0 saturated carbocycles. The minimum Gasteiger partial charge on any atom is -0.326 e. The molecule has 4 aromatic heterocycles. The first kappa shape index (κ1) is 17.9. The molecule has 4 aromatic rings. The van der Waals surface area contributed by atoms with E-state index >= 15 is 0 Å². The second-order valence-corrected chi connectivity index (χ2v) is 7.69. The second kappa shape index (κ2) is 6.73. The van der Waals surface area contributed by atoms with Crippen LogP contribution in [0.5, 0.6) is 0 Å². The highest BCUT2D eigenvalue weighted by atomic mass is 79.9. The third-order valence-corrected chi connectivity index (χ3v) is 5.50. The zero-order chi connectivity index (χ0) is 20.1. The Morgan fingerprint density at radius 2 is 2.10 bits per heavy atom. The van der Waals surface area contributed by atoms with Crippen molar-refractivity contribution in [3.05, 3.63) is 64.9 Å². The lowest BCUT2D eigenvalue weighted by atomic mass is 10.1. The number of pyridine rings is 1. The monoisotopic (exact) mass is 455 g/mol. The van der Waals surface area contributed by atoms with Gasteiger partial charge in [-0.05, 0) is 35.0 Å². The van der Waals surface area contributed by atoms with Crippen molar-refractivity contribution in [2.75, 3.05) is 6.54 Å². The summed E-state index contributed by atoms with van der Waals surface area (Å²) in [7, 11) is 0. The number of imidazole rings is 1. The van der Waals surface area contributed by atoms with Crippen molar-refractivity contribution in [1.82, 2.24) is 34.0 Å². The number of fused-ring (bicyclic) bond motifs is 2. The maximum atomic E-state index is 14.1. The first-order valence-corrected chi connectivity index (χ1v) is 9.80. The fourth-order valence-electron chi connectivity index (χ4n) is 3.67. The molecule has 10 heteroatoms. The van der Waals surface area contributed by atoms with Crippen molar-refractivity contribution in [2.45, 2.75) is 19.5 Å². The molecule has 0 aliphatic carbocycles. The normalized spacial score (nSPS) is 16.2. The predicted octanol–water partition coefficient (Wildman–Crippen LogP) is 3.11. The molecule has 8 nitrogen and oxygen atoms in total. The topological polar surface area (TPSA) is 81.2 Å². The van der Waals surface area contributed by atoms with Gasteiger partial charge < -0.3 is 9.47 Å². The van der Waals surface area contributed by atoms with Crippen molar-refractivity contribution in [2.24, 2.45) is 0 Å². The average Bonchev–Trinajstić information content (AvgIpc) is 3.32. The fraction of sp³-hybridized carbons (Fsp3) is 0.211. The van der Waals surface area contributed by atoms with Crippen LogP contribution in [0.3, 0.4) is 0 Å². The van der Waals surface area contributed by atoms with Crippen LogP contribution in [-0.4, -0.2) is 46.5 Å². The van der Waals surface area contributed by atoms with Gasteiger partial charge in [-0.1, -0.05) is 0 Å². The van der Waals surface area contributed by atoms with Gasteiger partial charge in [-0.3, -0.25) is 4.79 Å². The smallest absolute Gasteiger partial charge is 0.275 e. The van der Waals surface area contributed by atoms with Crippen molar-refractivity contribution >= 4 is 27.5 Å². The number of carbonyl (C=O) groups excluding carboxylic acids is 1. The number of halogens is 2. The summed E-state index contributed by atoms with van der Waals surface area (Å²) in [6.45, 7) is 2.87. The summed E-state index contributed by atoms with van der Waals surface area (Å²) in [5, 5.41) is 4.35. The van der Waals surface area contributed by atoms with E-state index in [4.69, 9.17) is 0 Å². The van der Waals surface area contributed by atoms with Crippen LogP contribution in [0.1, 0.15) is 29.3 Å². The lowest BCUT2D eigenvalue weighted by Gasteiger charge is -2.34. The Kier molecular flexibility index (Phi) is 4.16. The molecule has 0 fully saturated rings. The molecule has 0 bridgehead atoms. The van der Waals surface area contributed by atoms with Crippen LogP contribution in [0, 0.1) is 5.95 Å². The first-order chi connectivity index (χ1) is 14.0. The third kappa shape index (κ3) is 2.91. The zero-order valence-corrected chi connectivity index (χ0v) is 16.9. The number of aromatic nitrogens is 6. The number of rotatable bonds is 2. The van der Waals surface area contributed by atoms with Gasteiger partial charge in [0.1, 0.15) is 5.82 Å². The molecule has 1 aliphatic rings. The van der Waals surface area contributed by atoms with Gasteiger partial charge in [0, 0.05) is 37.7 Å². The molecule has 0 spiro atoms. The molecule has 146 valence electrons. The molecule has 1 aliphatic heterocycles. The van der Waals surface area contributed by atoms with Crippen LogP contribution in [0.2, 0.25) is 0 Å². The molecular weight excluding hydrogens is 441 g/mol. The molecule has 0 radical (unpaired) electrons. The van der Waals surface area contributed by atoms with E-state index in [9.17, 15) is 9.18 Å². The van der Waals surface area contributed by atoms with Crippen LogP contribution in [-0.2, 0) is 6.54 Å². The zero-order valence-electron chi connectivity index (χ0n) is 15.3. The maximum Gasteiger partial charge on any atom is 0.275 e. The molecule has 1 atom stereocenters. The Bertz CT molecular complexity index is 1250. The molecule has 29 heavy (non-hydrogen) atoms. The van der Waals surface area contributed by atoms with Gasteiger partial charge in [-0.15, -0.1) is 0 Å². The quantitative estimate of drug-likeness (QED) is 0.433. The summed E-state index contributed by atoms with van der Waals surface area (Å²) in [6.07, 6.45) is 6.45. The minimum atomic E-state index is -0.537.